The summed E-state index contributed by atoms with van der Waals surface area (Å²) in [7, 11) is 0. The first-order chi connectivity index (χ1) is 8.18. The van der Waals surface area contributed by atoms with Gasteiger partial charge in [0.25, 0.3) is 0 Å². The SMILES string of the molecule is CCOC1(c2nc(C(=O)O)cs2)CCOCC1. The topological polar surface area (TPSA) is 68.7 Å². The number of thiazole rings is 1. The van der Waals surface area contributed by atoms with Gasteiger partial charge in [0.15, 0.2) is 5.69 Å². The number of carboxylic acid groups (broad SMARTS) is 1. The highest BCUT2D eigenvalue weighted by Crippen LogP contribution is 2.37. The Hall–Kier alpha value is -0.980. The highest BCUT2D eigenvalue weighted by molar-refractivity contribution is 7.10. The molecular weight excluding hydrogens is 242 g/mol. The van der Waals surface area contributed by atoms with Gasteiger partial charge in [-0.05, 0) is 6.92 Å². The average Bonchev–Trinajstić information content (AvgIpc) is 2.80. The van der Waals surface area contributed by atoms with Crippen LogP contribution in [0.2, 0.25) is 0 Å². The van der Waals surface area contributed by atoms with Gasteiger partial charge in [0.05, 0.1) is 0 Å². The molecule has 1 aromatic rings. The van der Waals surface area contributed by atoms with Gasteiger partial charge in [0.1, 0.15) is 10.6 Å². The maximum absolute atomic E-state index is 10.8. The molecule has 2 rings (SSSR count). The van der Waals surface area contributed by atoms with Crippen LogP contribution in [-0.2, 0) is 15.1 Å². The summed E-state index contributed by atoms with van der Waals surface area (Å²) in [5, 5.41) is 11.2. The lowest BCUT2D eigenvalue weighted by Crippen LogP contribution is -2.36. The zero-order chi connectivity index (χ0) is 12.3. The molecule has 0 spiro atoms. The number of ether oxygens (including phenoxy) is 2. The first kappa shape index (κ1) is 12.5. The first-order valence-electron chi connectivity index (χ1n) is 5.59. The normalized spacial score (nSPS) is 19.1. The molecule has 0 aliphatic carbocycles. The van der Waals surface area contributed by atoms with Crippen LogP contribution in [0.15, 0.2) is 5.38 Å². The Balaban J connectivity index is 2.27. The molecule has 1 fully saturated rings. The van der Waals surface area contributed by atoms with E-state index in [0.29, 0.717) is 19.8 Å². The molecule has 0 saturated carbocycles. The van der Waals surface area contributed by atoms with Crippen molar-refractivity contribution in [2.24, 2.45) is 0 Å². The Morgan fingerprint density at radius 2 is 2.35 bits per heavy atom. The quantitative estimate of drug-likeness (QED) is 0.892. The van der Waals surface area contributed by atoms with Gasteiger partial charge in [-0.15, -0.1) is 11.3 Å². The zero-order valence-corrected chi connectivity index (χ0v) is 10.5. The van der Waals surface area contributed by atoms with Crippen LogP contribution in [0.1, 0.15) is 35.3 Å². The van der Waals surface area contributed by atoms with Gasteiger partial charge in [-0.3, -0.25) is 0 Å². The van der Waals surface area contributed by atoms with Gasteiger partial charge in [0.2, 0.25) is 0 Å². The lowest BCUT2D eigenvalue weighted by Gasteiger charge is -2.35. The molecule has 2 heterocycles. The van der Waals surface area contributed by atoms with Crippen LogP contribution in [0.5, 0.6) is 0 Å². The maximum Gasteiger partial charge on any atom is 0.355 e. The van der Waals surface area contributed by atoms with E-state index < -0.39 is 11.6 Å². The molecule has 1 N–H and O–H groups in total. The van der Waals surface area contributed by atoms with Gasteiger partial charge in [-0.1, -0.05) is 0 Å². The van der Waals surface area contributed by atoms with Crippen LogP contribution in [0.25, 0.3) is 0 Å². The van der Waals surface area contributed by atoms with E-state index >= 15 is 0 Å². The monoisotopic (exact) mass is 257 g/mol. The van der Waals surface area contributed by atoms with E-state index in [0.717, 1.165) is 17.8 Å². The fourth-order valence-corrected chi connectivity index (χ4v) is 2.98. The third-order valence-corrected chi connectivity index (χ3v) is 3.86. The van der Waals surface area contributed by atoms with E-state index in [-0.39, 0.29) is 5.69 Å². The molecule has 0 unspecified atom stereocenters. The highest BCUT2D eigenvalue weighted by atomic mass is 32.1. The zero-order valence-electron chi connectivity index (χ0n) is 9.64. The van der Waals surface area contributed by atoms with E-state index in [1.165, 1.54) is 11.3 Å². The minimum absolute atomic E-state index is 0.0931. The number of carbonyl (C=O) groups is 1. The van der Waals surface area contributed by atoms with E-state index in [9.17, 15) is 4.79 Å². The van der Waals surface area contributed by atoms with Crippen molar-refractivity contribution in [1.82, 2.24) is 4.98 Å². The molecule has 5 nitrogen and oxygen atoms in total. The summed E-state index contributed by atoms with van der Waals surface area (Å²) in [6.45, 7) is 3.77. The standard InChI is InChI=1S/C11H15NO4S/c1-2-16-11(3-5-15-6-4-11)10-12-8(7-17-10)9(13)14/h7H,2-6H2,1H3,(H,13,14). The largest absolute Gasteiger partial charge is 0.476 e. The Labute approximate surface area is 103 Å². The summed E-state index contributed by atoms with van der Waals surface area (Å²) in [5.41, 5.74) is -0.360. The van der Waals surface area contributed by atoms with E-state index in [1.807, 2.05) is 6.92 Å². The number of aromatic carboxylic acids is 1. The fraction of sp³-hybridized carbons (Fsp3) is 0.636. The Morgan fingerprint density at radius 3 is 2.88 bits per heavy atom. The van der Waals surface area contributed by atoms with E-state index in [4.69, 9.17) is 14.6 Å². The third-order valence-electron chi connectivity index (χ3n) is 2.83. The van der Waals surface area contributed by atoms with Crippen LogP contribution >= 0.6 is 11.3 Å². The molecule has 0 radical (unpaired) electrons. The van der Waals surface area contributed by atoms with Crippen molar-refractivity contribution < 1.29 is 19.4 Å². The van der Waals surface area contributed by atoms with Crippen LogP contribution in [-0.4, -0.2) is 35.9 Å². The average molecular weight is 257 g/mol. The number of aromatic nitrogens is 1. The van der Waals surface area contributed by atoms with Gasteiger partial charge in [0, 0.05) is 38.0 Å². The van der Waals surface area contributed by atoms with Crippen LogP contribution < -0.4 is 0 Å². The van der Waals surface area contributed by atoms with Crippen molar-refractivity contribution in [3.63, 3.8) is 0 Å². The maximum atomic E-state index is 10.8. The van der Waals surface area contributed by atoms with Crippen molar-refractivity contribution in [3.8, 4) is 0 Å². The molecule has 1 aromatic heterocycles. The van der Waals surface area contributed by atoms with Crippen LogP contribution in [0, 0.1) is 0 Å². The van der Waals surface area contributed by atoms with Crippen molar-refractivity contribution in [2.75, 3.05) is 19.8 Å². The van der Waals surface area contributed by atoms with Gasteiger partial charge in [-0.2, -0.15) is 0 Å². The second kappa shape index (κ2) is 5.12. The summed E-state index contributed by atoms with van der Waals surface area (Å²) >= 11 is 1.35. The smallest absolute Gasteiger partial charge is 0.355 e. The number of carboxylic acids is 1. The minimum Gasteiger partial charge on any atom is -0.476 e. The summed E-state index contributed by atoms with van der Waals surface area (Å²) in [5.74, 6) is -0.994. The number of hydrogen-bond donors (Lipinski definition) is 1. The van der Waals surface area contributed by atoms with Crippen LogP contribution in [0.4, 0.5) is 0 Å². The van der Waals surface area contributed by atoms with Gasteiger partial charge < -0.3 is 14.6 Å². The second-order valence-electron chi connectivity index (χ2n) is 3.88. The number of nitrogens with zero attached hydrogens (tertiary/aromatic N) is 1. The van der Waals surface area contributed by atoms with Crippen molar-refractivity contribution in [3.05, 3.63) is 16.1 Å². The van der Waals surface area contributed by atoms with E-state index in [2.05, 4.69) is 4.98 Å². The van der Waals surface area contributed by atoms with Crippen molar-refractivity contribution in [2.45, 2.75) is 25.4 Å². The summed E-state index contributed by atoms with van der Waals surface area (Å²) < 4.78 is 11.2. The number of rotatable bonds is 4. The Bertz CT molecular complexity index is 392. The predicted molar refractivity (Wildman–Crippen MR) is 62.4 cm³/mol. The van der Waals surface area contributed by atoms with E-state index in [1.54, 1.807) is 5.38 Å². The Morgan fingerprint density at radius 1 is 1.65 bits per heavy atom. The molecule has 0 atom stereocenters. The molecule has 0 aromatic carbocycles. The molecule has 6 heteroatoms. The fourth-order valence-electron chi connectivity index (χ4n) is 1.98. The molecule has 17 heavy (non-hydrogen) atoms. The molecule has 94 valence electrons. The molecule has 1 aliphatic heterocycles. The van der Waals surface area contributed by atoms with Gasteiger partial charge in [-0.25, -0.2) is 9.78 Å². The van der Waals surface area contributed by atoms with Crippen molar-refractivity contribution >= 4 is 17.3 Å². The van der Waals surface area contributed by atoms with Crippen LogP contribution in [0.3, 0.4) is 0 Å². The molecule has 1 aliphatic rings. The lowest BCUT2D eigenvalue weighted by molar-refractivity contribution is -0.112. The Kier molecular flexibility index (Phi) is 3.76. The summed E-state index contributed by atoms with van der Waals surface area (Å²) in [4.78, 5) is 15.0. The third kappa shape index (κ3) is 2.48. The lowest BCUT2D eigenvalue weighted by atomic mass is 9.95. The minimum atomic E-state index is -0.994. The summed E-state index contributed by atoms with van der Waals surface area (Å²) in [6.07, 6.45) is 1.46. The first-order valence-corrected chi connectivity index (χ1v) is 6.47. The predicted octanol–water partition coefficient (Wildman–Crippen LogP) is 1.88. The molecule has 1 saturated heterocycles. The molecular formula is C11H15NO4S. The van der Waals surface area contributed by atoms with Gasteiger partial charge >= 0.3 is 5.97 Å². The van der Waals surface area contributed by atoms with Crippen molar-refractivity contribution in [1.29, 1.82) is 0 Å². The molecule has 0 amide bonds. The number of hydrogen-bond acceptors (Lipinski definition) is 5. The summed E-state index contributed by atoms with van der Waals surface area (Å²) in [6, 6.07) is 0. The highest BCUT2D eigenvalue weighted by Gasteiger charge is 2.38. The second-order valence-corrected chi connectivity index (χ2v) is 4.74. The molecule has 0 bridgehead atoms.